The van der Waals surface area contributed by atoms with E-state index in [2.05, 4.69) is 0 Å². The maximum Gasteiger partial charge on any atom is 0.276 e. The van der Waals surface area contributed by atoms with Gasteiger partial charge in [0.25, 0.3) is 20.2 Å². The third-order valence-corrected chi connectivity index (χ3v) is 7.53. The minimum Gasteiger partial charge on any atom is -0.285 e. The Labute approximate surface area is 131 Å². The van der Waals surface area contributed by atoms with Gasteiger partial charge in [0.2, 0.25) is 0 Å². The molecule has 0 saturated heterocycles. The molecule has 0 saturated carbocycles. The highest BCUT2D eigenvalue weighted by Crippen LogP contribution is 2.47. The zero-order valence-corrected chi connectivity index (χ0v) is 13.9. The first-order chi connectivity index (χ1) is 10.1. The zero-order valence-electron chi connectivity index (χ0n) is 12.3. The lowest BCUT2D eigenvalue weighted by molar-refractivity contribution is 0.351. The van der Waals surface area contributed by atoms with E-state index < -0.39 is 30.2 Å². The van der Waals surface area contributed by atoms with E-state index in [-0.39, 0.29) is 18.4 Å². The maximum atomic E-state index is 12.2. The molecule has 2 unspecified atom stereocenters. The Morgan fingerprint density at radius 1 is 1.18 bits per heavy atom. The molecular formula is C14H20O6S2. The van der Waals surface area contributed by atoms with Gasteiger partial charge in [-0.05, 0) is 30.4 Å². The highest BCUT2D eigenvalue weighted by molar-refractivity contribution is 7.90. The van der Waals surface area contributed by atoms with Crippen LogP contribution < -0.4 is 0 Å². The maximum absolute atomic E-state index is 12.2. The van der Waals surface area contributed by atoms with E-state index in [1.54, 1.807) is 18.2 Å². The normalized spacial score (nSPS) is 25.7. The molecule has 2 rings (SSSR count). The molecule has 1 aromatic rings. The second-order valence-corrected chi connectivity index (χ2v) is 8.95. The lowest BCUT2D eigenvalue weighted by Gasteiger charge is -2.41. The largest absolute Gasteiger partial charge is 0.285 e. The van der Waals surface area contributed by atoms with Crippen LogP contribution in [-0.4, -0.2) is 31.2 Å². The molecular weight excluding hydrogens is 328 g/mol. The number of unbranched alkanes of at least 4 members (excludes halogenated alkanes) is 1. The van der Waals surface area contributed by atoms with Gasteiger partial charge in [0.05, 0.1) is 0 Å². The predicted molar refractivity (Wildman–Crippen MR) is 82.9 cm³/mol. The predicted octanol–water partition coefficient (Wildman–Crippen LogP) is 2.16. The molecule has 124 valence electrons. The minimum atomic E-state index is -4.74. The van der Waals surface area contributed by atoms with E-state index in [9.17, 15) is 25.9 Å². The first kappa shape index (κ1) is 17.4. The van der Waals surface area contributed by atoms with E-state index in [1.807, 2.05) is 6.92 Å². The van der Waals surface area contributed by atoms with Crippen molar-refractivity contribution < 1.29 is 25.9 Å². The van der Waals surface area contributed by atoms with Gasteiger partial charge in [-0.25, -0.2) is 0 Å². The quantitative estimate of drug-likeness (QED) is 0.789. The molecule has 0 spiro atoms. The molecule has 2 N–H and O–H groups in total. The van der Waals surface area contributed by atoms with Crippen LogP contribution in [0.15, 0.2) is 24.3 Å². The van der Waals surface area contributed by atoms with Gasteiger partial charge in [0, 0.05) is 0 Å². The first-order valence-corrected chi connectivity index (χ1v) is 10.1. The van der Waals surface area contributed by atoms with Gasteiger partial charge in [0.1, 0.15) is 10.00 Å². The van der Waals surface area contributed by atoms with Crippen molar-refractivity contribution in [3.8, 4) is 0 Å². The molecule has 1 aliphatic carbocycles. The molecule has 0 bridgehead atoms. The van der Waals surface area contributed by atoms with Crippen molar-refractivity contribution in [3.63, 3.8) is 0 Å². The average Bonchev–Trinajstić information content (AvgIpc) is 2.42. The molecule has 0 radical (unpaired) electrons. The molecule has 22 heavy (non-hydrogen) atoms. The molecule has 0 aromatic heterocycles. The van der Waals surface area contributed by atoms with E-state index in [0.29, 0.717) is 24.8 Å². The van der Waals surface area contributed by atoms with Gasteiger partial charge in [-0.15, -0.1) is 0 Å². The monoisotopic (exact) mass is 348 g/mol. The Hall–Kier alpha value is -0.960. The molecule has 2 atom stereocenters. The lowest BCUT2D eigenvalue weighted by atomic mass is 9.79. The summed E-state index contributed by atoms with van der Waals surface area (Å²) < 4.78 is 65.5. The minimum absolute atomic E-state index is 0.0423. The van der Waals surface area contributed by atoms with Gasteiger partial charge in [-0.3, -0.25) is 9.11 Å². The van der Waals surface area contributed by atoms with Crippen LogP contribution in [0.25, 0.3) is 0 Å². The standard InChI is InChI=1S/C14H20O6S2/c1-2-3-10-14(22(18,19)20)12-7-5-4-6-11(12)8-9-13(14)21(15,16)17/h4-7,13H,2-3,8-10H2,1H3,(H,15,16,17)(H,18,19,20). The fourth-order valence-corrected chi connectivity index (χ4v) is 6.60. The van der Waals surface area contributed by atoms with Crippen LogP contribution >= 0.6 is 0 Å². The third kappa shape index (κ3) is 2.80. The van der Waals surface area contributed by atoms with Crippen LogP contribution in [0, 0.1) is 0 Å². The van der Waals surface area contributed by atoms with E-state index in [1.165, 1.54) is 6.07 Å². The van der Waals surface area contributed by atoms with Crippen molar-refractivity contribution in [2.45, 2.75) is 49.0 Å². The highest BCUT2D eigenvalue weighted by atomic mass is 32.2. The van der Waals surface area contributed by atoms with E-state index >= 15 is 0 Å². The van der Waals surface area contributed by atoms with Crippen LogP contribution in [-0.2, 0) is 31.4 Å². The van der Waals surface area contributed by atoms with Gasteiger partial charge >= 0.3 is 0 Å². The van der Waals surface area contributed by atoms with E-state index in [0.717, 1.165) is 0 Å². The van der Waals surface area contributed by atoms with Crippen molar-refractivity contribution in [1.82, 2.24) is 0 Å². The van der Waals surface area contributed by atoms with Crippen LogP contribution in [0.5, 0.6) is 0 Å². The number of hydrogen-bond donors (Lipinski definition) is 2. The summed E-state index contributed by atoms with van der Waals surface area (Å²) in [6, 6.07) is 6.59. The molecule has 0 amide bonds. The summed E-state index contributed by atoms with van der Waals surface area (Å²) in [6.07, 6.45) is 1.30. The second-order valence-electron chi connectivity index (χ2n) is 5.67. The molecule has 1 aromatic carbocycles. The molecule has 1 aliphatic rings. The Kier molecular flexibility index (Phi) is 4.68. The summed E-state index contributed by atoms with van der Waals surface area (Å²) in [5.74, 6) is 0. The number of benzene rings is 1. The fraction of sp³-hybridized carbons (Fsp3) is 0.571. The molecule has 6 nitrogen and oxygen atoms in total. The van der Waals surface area contributed by atoms with Crippen LogP contribution in [0.3, 0.4) is 0 Å². The Bertz CT molecular complexity index is 753. The SMILES string of the molecule is CCCCC1(S(=O)(=O)O)c2ccccc2CCC1S(=O)(=O)O. The van der Waals surface area contributed by atoms with Gasteiger partial charge in [-0.1, -0.05) is 44.0 Å². The van der Waals surface area contributed by atoms with Gasteiger partial charge in [0.15, 0.2) is 0 Å². The summed E-state index contributed by atoms with van der Waals surface area (Å²) in [6.45, 7) is 1.84. The Balaban J connectivity index is 2.80. The topological polar surface area (TPSA) is 109 Å². The average molecular weight is 348 g/mol. The summed E-state index contributed by atoms with van der Waals surface area (Å²) >= 11 is 0. The summed E-state index contributed by atoms with van der Waals surface area (Å²) in [5.41, 5.74) is 0.968. The van der Waals surface area contributed by atoms with Gasteiger partial charge in [-0.2, -0.15) is 16.8 Å². The van der Waals surface area contributed by atoms with Crippen molar-refractivity contribution in [1.29, 1.82) is 0 Å². The smallest absolute Gasteiger partial charge is 0.276 e. The second kappa shape index (κ2) is 5.92. The Morgan fingerprint density at radius 3 is 2.36 bits per heavy atom. The molecule has 8 heteroatoms. The summed E-state index contributed by atoms with van der Waals surface area (Å²) in [4.78, 5) is 0. The third-order valence-electron chi connectivity index (χ3n) is 4.39. The lowest BCUT2D eigenvalue weighted by Crippen LogP contribution is -2.52. The van der Waals surface area contributed by atoms with Crippen molar-refractivity contribution >= 4 is 20.2 Å². The van der Waals surface area contributed by atoms with Crippen molar-refractivity contribution in [3.05, 3.63) is 35.4 Å². The van der Waals surface area contributed by atoms with Gasteiger partial charge < -0.3 is 0 Å². The zero-order chi connectivity index (χ0) is 16.6. The first-order valence-electron chi connectivity index (χ1n) is 7.16. The van der Waals surface area contributed by atoms with Crippen LogP contribution in [0.1, 0.15) is 43.7 Å². The van der Waals surface area contributed by atoms with E-state index in [4.69, 9.17) is 0 Å². The van der Waals surface area contributed by atoms with Crippen LogP contribution in [0.4, 0.5) is 0 Å². The molecule has 0 aliphatic heterocycles. The summed E-state index contributed by atoms with van der Waals surface area (Å²) in [5, 5.41) is -1.56. The fourth-order valence-electron chi connectivity index (χ4n) is 3.40. The Morgan fingerprint density at radius 2 is 1.82 bits per heavy atom. The van der Waals surface area contributed by atoms with Crippen molar-refractivity contribution in [2.24, 2.45) is 0 Å². The molecule has 0 fully saturated rings. The number of aryl methyl sites for hydroxylation is 1. The number of fused-ring (bicyclic) bond motifs is 1. The van der Waals surface area contributed by atoms with Crippen molar-refractivity contribution in [2.75, 3.05) is 0 Å². The number of rotatable bonds is 5. The van der Waals surface area contributed by atoms with Crippen LogP contribution in [0.2, 0.25) is 0 Å². The summed E-state index contributed by atoms with van der Waals surface area (Å²) in [7, 11) is -9.37. The molecule has 0 heterocycles. The highest BCUT2D eigenvalue weighted by Gasteiger charge is 2.57. The number of hydrogen-bond acceptors (Lipinski definition) is 4.